The maximum atomic E-state index is 10.7. The third-order valence-corrected chi connectivity index (χ3v) is 2.11. The van der Waals surface area contributed by atoms with Gasteiger partial charge in [-0.15, -0.1) is 0 Å². The van der Waals surface area contributed by atoms with Gasteiger partial charge in [-0.1, -0.05) is 13.8 Å². The van der Waals surface area contributed by atoms with Gasteiger partial charge in [0.1, 0.15) is 0 Å². The fraction of sp³-hybridized carbons (Fsp3) is 0.900. The van der Waals surface area contributed by atoms with Crippen LogP contribution in [0.5, 0.6) is 0 Å². The highest BCUT2D eigenvalue weighted by Gasteiger charge is 2.14. The Morgan fingerprint density at radius 2 is 2.14 bits per heavy atom. The maximum Gasteiger partial charge on any atom is 0.307 e. The predicted molar refractivity (Wildman–Crippen MR) is 55.4 cm³/mol. The van der Waals surface area contributed by atoms with Crippen LogP contribution in [0.15, 0.2) is 0 Å². The van der Waals surface area contributed by atoms with Gasteiger partial charge in [-0.3, -0.25) is 4.79 Å². The van der Waals surface area contributed by atoms with E-state index < -0.39 is 5.97 Å². The van der Waals surface area contributed by atoms with Gasteiger partial charge >= 0.3 is 5.97 Å². The summed E-state index contributed by atoms with van der Waals surface area (Å²) in [7, 11) is 1.66. The van der Waals surface area contributed by atoms with E-state index in [9.17, 15) is 4.79 Å². The van der Waals surface area contributed by atoms with Gasteiger partial charge in [-0.25, -0.2) is 0 Å². The van der Waals surface area contributed by atoms with E-state index in [2.05, 4.69) is 11.8 Å². The molecule has 0 aromatic heterocycles. The van der Waals surface area contributed by atoms with Crippen LogP contribution in [0.1, 0.15) is 20.3 Å². The molecule has 1 N–H and O–H groups in total. The second kappa shape index (κ2) is 7.76. The summed E-state index contributed by atoms with van der Waals surface area (Å²) in [6.45, 7) is 6.82. The lowest BCUT2D eigenvalue weighted by Gasteiger charge is -2.22. The van der Waals surface area contributed by atoms with E-state index >= 15 is 0 Å². The SMILES string of the molecule is CCCN(CCOC)CC(C)C(=O)O. The van der Waals surface area contributed by atoms with Crippen LogP contribution < -0.4 is 0 Å². The summed E-state index contributed by atoms with van der Waals surface area (Å²) in [4.78, 5) is 12.8. The van der Waals surface area contributed by atoms with Crippen molar-refractivity contribution in [2.45, 2.75) is 20.3 Å². The van der Waals surface area contributed by atoms with Gasteiger partial charge in [0.25, 0.3) is 0 Å². The molecule has 0 saturated heterocycles. The molecule has 0 heterocycles. The first-order chi connectivity index (χ1) is 6.61. The van der Waals surface area contributed by atoms with E-state index in [4.69, 9.17) is 9.84 Å². The molecule has 14 heavy (non-hydrogen) atoms. The Bertz CT molecular complexity index is 161. The van der Waals surface area contributed by atoms with Crippen LogP contribution >= 0.6 is 0 Å². The van der Waals surface area contributed by atoms with Gasteiger partial charge in [-0.05, 0) is 13.0 Å². The van der Waals surface area contributed by atoms with Gasteiger partial charge in [0, 0.05) is 20.2 Å². The Morgan fingerprint density at radius 3 is 2.57 bits per heavy atom. The predicted octanol–water partition coefficient (Wildman–Crippen LogP) is 1.07. The number of methoxy groups -OCH3 is 1. The molecule has 1 unspecified atom stereocenters. The Labute approximate surface area is 85.9 Å². The standard InChI is InChI=1S/C10H21NO3/c1-4-5-11(6-7-14-3)8-9(2)10(12)13/h9H,4-8H2,1-3H3,(H,12,13). The zero-order valence-corrected chi connectivity index (χ0v) is 9.32. The normalized spacial score (nSPS) is 13.1. The first-order valence-electron chi connectivity index (χ1n) is 5.05. The molecule has 0 aliphatic carbocycles. The molecule has 0 amide bonds. The third-order valence-electron chi connectivity index (χ3n) is 2.11. The molecular weight excluding hydrogens is 182 g/mol. The Hall–Kier alpha value is -0.610. The zero-order chi connectivity index (χ0) is 11.0. The molecule has 0 fully saturated rings. The summed E-state index contributed by atoms with van der Waals surface area (Å²) in [5.41, 5.74) is 0. The minimum atomic E-state index is -0.733. The first kappa shape index (κ1) is 13.4. The molecule has 0 bridgehead atoms. The second-order valence-corrected chi connectivity index (χ2v) is 3.53. The number of carboxylic acid groups (broad SMARTS) is 1. The average Bonchev–Trinajstić information content (AvgIpc) is 2.14. The maximum absolute atomic E-state index is 10.7. The van der Waals surface area contributed by atoms with Gasteiger partial charge in [0.05, 0.1) is 12.5 Å². The van der Waals surface area contributed by atoms with Crippen molar-refractivity contribution in [3.8, 4) is 0 Å². The number of aliphatic carboxylic acids is 1. The van der Waals surface area contributed by atoms with Crippen LogP contribution in [0.2, 0.25) is 0 Å². The highest BCUT2D eigenvalue weighted by molar-refractivity contribution is 5.69. The van der Waals surface area contributed by atoms with Crippen molar-refractivity contribution in [1.82, 2.24) is 4.90 Å². The summed E-state index contributed by atoms with van der Waals surface area (Å²) in [5, 5.41) is 8.77. The number of ether oxygens (including phenoxy) is 1. The third kappa shape index (κ3) is 5.94. The van der Waals surface area contributed by atoms with E-state index in [1.807, 2.05) is 0 Å². The Balaban J connectivity index is 3.87. The minimum absolute atomic E-state index is 0.307. The molecule has 4 nitrogen and oxygen atoms in total. The van der Waals surface area contributed by atoms with Crippen molar-refractivity contribution < 1.29 is 14.6 Å². The highest BCUT2D eigenvalue weighted by Crippen LogP contribution is 2.01. The fourth-order valence-corrected chi connectivity index (χ4v) is 1.30. The Kier molecular flexibility index (Phi) is 7.42. The van der Waals surface area contributed by atoms with Crippen molar-refractivity contribution in [1.29, 1.82) is 0 Å². The first-order valence-corrected chi connectivity index (χ1v) is 5.05. The molecule has 0 aliphatic rings. The topological polar surface area (TPSA) is 49.8 Å². The monoisotopic (exact) mass is 203 g/mol. The molecule has 0 aromatic rings. The van der Waals surface area contributed by atoms with Crippen molar-refractivity contribution in [2.24, 2.45) is 5.92 Å². The molecule has 0 radical (unpaired) electrons. The van der Waals surface area contributed by atoms with Gasteiger partial charge in [0.2, 0.25) is 0 Å². The lowest BCUT2D eigenvalue weighted by molar-refractivity contribution is -0.141. The quantitative estimate of drug-likeness (QED) is 0.641. The summed E-state index contributed by atoms with van der Waals surface area (Å²) in [6.07, 6.45) is 1.04. The molecule has 0 saturated carbocycles. The van der Waals surface area contributed by atoms with Gasteiger partial charge in [-0.2, -0.15) is 0 Å². The molecule has 4 heteroatoms. The lowest BCUT2D eigenvalue weighted by atomic mass is 10.1. The molecule has 1 atom stereocenters. The van der Waals surface area contributed by atoms with Gasteiger partial charge < -0.3 is 14.7 Å². The highest BCUT2D eigenvalue weighted by atomic mass is 16.5. The summed E-state index contributed by atoms with van der Waals surface area (Å²) in [6, 6.07) is 0. The van der Waals surface area contributed by atoms with E-state index in [1.165, 1.54) is 0 Å². The van der Waals surface area contributed by atoms with Crippen LogP contribution in [0.4, 0.5) is 0 Å². The number of hydrogen-bond donors (Lipinski definition) is 1. The number of rotatable bonds is 8. The van der Waals surface area contributed by atoms with Crippen molar-refractivity contribution in [3.63, 3.8) is 0 Å². The van der Waals surface area contributed by atoms with Crippen LogP contribution in [0.3, 0.4) is 0 Å². The summed E-state index contributed by atoms with van der Waals surface area (Å²) >= 11 is 0. The zero-order valence-electron chi connectivity index (χ0n) is 9.32. The molecular formula is C10H21NO3. The smallest absolute Gasteiger partial charge is 0.307 e. The summed E-state index contributed by atoms with van der Waals surface area (Å²) in [5.74, 6) is -1.04. The number of nitrogens with zero attached hydrogens (tertiary/aromatic N) is 1. The van der Waals surface area contributed by atoms with Crippen LogP contribution in [-0.2, 0) is 9.53 Å². The number of carboxylic acids is 1. The lowest BCUT2D eigenvalue weighted by Crippen LogP contribution is -2.34. The van der Waals surface area contributed by atoms with Crippen molar-refractivity contribution in [2.75, 3.05) is 33.4 Å². The molecule has 0 rings (SSSR count). The molecule has 84 valence electrons. The van der Waals surface area contributed by atoms with E-state index in [0.29, 0.717) is 13.2 Å². The average molecular weight is 203 g/mol. The Morgan fingerprint density at radius 1 is 1.50 bits per heavy atom. The van der Waals surface area contributed by atoms with Crippen LogP contribution in [0, 0.1) is 5.92 Å². The van der Waals surface area contributed by atoms with Crippen LogP contribution in [0.25, 0.3) is 0 Å². The van der Waals surface area contributed by atoms with E-state index in [1.54, 1.807) is 14.0 Å². The molecule has 0 spiro atoms. The van der Waals surface area contributed by atoms with E-state index in [0.717, 1.165) is 19.5 Å². The summed E-state index contributed by atoms with van der Waals surface area (Å²) < 4.78 is 4.97. The largest absolute Gasteiger partial charge is 0.481 e. The molecule has 0 aromatic carbocycles. The number of carbonyl (C=O) groups is 1. The van der Waals surface area contributed by atoms with Crippen molar-refractivity contribution >= 4 is 5.97 Å². The van der Waals surface area contributed by atoms with E-state index in [-0.39, 0.29) is 5.92 Å². The number of hydrogen-bond acceptors (Lipinski definition) is 3. The minimum Gasteiger partial charge on any atom is -0.481 e. The van der Waals surface area contributed by atoms with Crippen LogP contribution in [-0.4, -0.2) is 49.3 Å². The van der Waals surface area contributed by atoms with Gasteiger partial charge in [0.15, 0.2) is 0 Å². The van der Waals surface area contributed by atoms with Crippen molar-refractivity contribution in [3.05, 3.63) is 0 Å². The second-order valence-electron chi connectivity index (χ2n) is 3.53. The molecule has 0 aliphatic heterocycles. The fourth-order valence-electron chi connectivity index (χ4n) is 1.30.